The zero-order chi connectivity index (χ0) is 24.9. The number of aliphatic hydroxyl groups is 1. The molecule has 2 N–H and O–H groups in total. The van der Waals surface area contributed by atoms with Gasteiger partial charge in [0.25, 0.3) is 5.91 Å². The van der Waals surface area contributed by atoms with E-state index in [0.29, 0.717) is 30.8 Å². The van der Waals surface area contributed by atoms with E-state index in [4.69, 9.17) is 0 Å². The van der Waals surface area contributed by atoms with Gasteiger partial charge in [-0.3, -0.25) is 9.59 Å². The van der Waals surface area contributed by atoms with Gasteiger partial charge in [0.1, 0.15) is 18.1 Å². The first kappa shape index (κ1) is 24.2. The minimum absolute atomic E-state index is 0.262. The summed E-state index contributed by atoms with van der Waals surface area (Å²) in [5.41, 5.74) is 4.45. The summed E-state index contributed by atoms with van der Waals surface area (Å²) in [6.07, 6.45) is 7.88. The zero-order valence-electron chi connectivity index (χ0n) is 20.0. The zero-order valence-corrected chi connectivity index (χ0v) is 20.0. The number of allylic oxidation sites excluding steroid dienone is 1. The van der Waals surface area contributed by atoms with Gasteiger partial charge in [-0.15, -0.1) is 5.10 Å². The molecule has 0 spiro atoms. The molecule has 2 aromatic heterocycles. The van der Waals surface area contributed by atoms with Crippen molar-refractivity contribution in [1.82, 2.24) is 35.2 Å². The largest absolute Gasteiger partial charge is 0.394 e. The Labute approximate surface area is 203 Å². The van der Waals surface area contributed by atoms with Crippen LogP contribution in [0.15, 0.2) is 54.8 Å². The molecule has 0 unspecified atom stereocenters. The van der Waals surface area contributed by atoms with E-state index >= 15 is 0 Å². The Hall–Kier alpha value is -3.92. The second-order valence-electron chi connectivity index (χ2n) is 8.80. The molecule has 1 saturated heterocycles. The Morgan fingerprint density at radius 2 is 1.86 bits per heavy atom. The highest BCUT2D eigenvalue weighted by Crippen LogP contribution is 2.25. The van der Waals surface area contributed by atoms with Crippen LogP contribution < -0.4 is 5.32 Å². The molecule has 2 amide bonds. The number of aromatic nitrogens is 5. The van der Waals surface area contributed by atoms with Crippen molar-refractivity contribution in [3.8, 4) is 11.1 Å². The van der Waals surface area contributed by atoms with E-state index in [2.05, 4.69) is 25.6 Å². The molecule has 0 saturated carbocycles. The molecular formula is C25H29N7O3. The van der Waals surface area contributed by atoms with Gasteiger partial charge < -0.3 is 15.3 Å². The van der Waals surface area contributed by atoms with Crippen LogP contribution in [-0.4, -0.2) is 66.0 Å². The quantitative estimate of drug-likeness (QED) is 0.501. The second-order valence-corrected chi connectivity index (χ2v) is 8.80. The molecule has 0 radical (unpaired) electrons. The molecule has 1 aromatic carbocycles. The van der Waals surface area contributed by atoms with Crippen molar-refractivity contribution < 1.29 is 14.7 Å². The van der Waals surface area contributed by atoms with Crippen LogP contribution in [0.2, 0.25) is 0 Å². The molecule has 10 nitrogen and oxygen atoms in total. The van der Waals surface area contributed by atoms with E-state index in [1.54, 1.807) is 30.4 Å². The number of nitrogens with zero attached hydrogens (tertiary/aromatic N) is 6. The van der Waals surface area contributed by atoms with E-state index < -0.39 is 12.1 Å². The highest BCUT2D eigenvalue weighted by molar-refractivity contribution is 6.15. The van der Waals surface area contributed by atoms with Gasteiger partial charge in [0.2, 0.25) is 5.91 Å². The first-order valence-corrected chi connectivity index (χ1v) is 11.5. The lowest BCUT2D eigenvalue weighted by molar-refractivity contribution is -0.135. The maximum Gasteiger partial charge on any atom is 0.273 e. The van der Waals surface area contributed by atoms with Crippen molar-refractivity contribution in [3.05, 3.63) is 66.0 Å². The smallest absolute Gasteiger partial charge is 0.273 e. The van der Waals surface area contributed by atoms with Crippen LogP contribution in [0.3, 0.4) is 0 Å². The topological polar surface area (TPSA) is 126 Å². The molecule has 0 bridgehead atoms. The van der Waals surface area contributed by atoms with Gasteiger partial charge in [-0.1, -0.05) is 29.5 Å². The molecule has 4 rings (SSSR count). The van der Waals surface area contributed by atoms with Crippen molar-refractivity contribution >= 4 is 17.5 Å². The maximum absolute atomic E-state index is 13.4. The Balaban J connectivity index is 1.49. The fraction of sp³-hybridized carbons (Fsp3) is 0.360. The molecule has 2 atom stereocenters. The fourth-order valence-corrected chi connectivity index (χ4v) is 4.27. The lowest BCUT2D eigenvalue weighted by atomic mass is 10.0. The van der Waals surface area contributed by atoms with Gasteiger partial charge in [-0.2, -0.15) is 0 Å². The van der Waals surface area contributed by atoms with Crippen molar-refractivity contribution in [3.63, 3.8) is 0 Å². The number of carbonyl (C=O) groups is 2. The van der Waals surface area contributed by atoms with Gasteiger partial charge in [0.15, 0.2) is 0 Å². The van der Waals surface area contributed by atoms with Crippen molar-refractivity contribution in [2.24, 2.45) is 0 Å². The molecule has 1 aliphatic heterocycles. The van der Waals surface area contributed by atoms with Crippen LogP contribution in [0, 0.1) is 6.92 Å². The Bertz CT molecular complexity index is 1220. The second kappa shape index (κ2) is 10.6. The number of amides is 2. The average Bonchev–Trinajstić information content (AvgIpc) is 3.52. The monoisotopic (exact) mass is 475 g/mol. The summed E-state index contributed by atoms with van der Waals surface area (Å²) in [5, 5.41) is 21.0. The lowest BCUT2D eigenvalue weighted by Crippen LogP contribution is -2.48. The standard InChI is InChI=1S/C25H29N7O3/c1-16(2)23(32-13-17(3)29-30-32)25(35)31-10-4-5-22(31)24(34)28-21(14-33)19-8-6-18(7-9-19)20-11-26-15-27-12-20/h6-9,11-13,15,21-22,33H,4-5,10,14H2,1-3H3,(H,28,34)/t21-,22-/m0/s1. The number of benzene rings is 1. The van der Waals surface area contributed by atoms with Gasteiger partial charge in [-0.25, -0.2) is 14.6 Å². The van der Waals surface area contributed by atoms with Crippen LogP contribution in [-0.2, 0) is 9.59 Å². The summed E-state index contributed by atoms with van der Waals surface area (Å²) in [7, 11) is 0. The summed E-state index contributed by atoms with van der Waals surface area (Å²) in [6, 6.07) is 6.29. The molecule has 10 heteroatoms. The predicted octanol–water partition coefficient (Wildman–Crippen LogP) is 2.14. The van der Waals surface area contributed by atoms with E-state index in [0.717, 1.165) is 22.3 Å². The number of hydrogen-bond donors (Lipinski definition) is 2. The number of hydrogen-bond acceptors (Lipinski definition) is 7. The predicted molar refractivity (Wildman–Crippen MR) is 129 cm³/mol. The summed E-state index contributed by atoms with van der Waals surface area (Å²) in [4.78, 5) is 36.3. The molecular weight excluding hydrogens is 446 g/mol. The molecule has 3 heterocycles. The lowest BCUT2D eigenvalue weighted by Gasteiger charge is -2.27. The number of nitrogens with one attached hydrogen (secondary N) is 1. The van der Waals surface area contributed by atoms with Crippen LogP contribution in [0.4, 0.5) is 0 Å². The number of rotatable bonds is 7. The molecule has 35 heavy (non-hydrogen) atoms. The summed E-state index contributed by atoms with van der Waals surface area (Å²) in [5.74, 6) is -0.555. The van der Waals surface area contributed by atoms with Gasteiger partial charge in [0.05, 0.1) is 24.5 Å². The molecule has 0 aliphatic carbocycles. The van der Waals surface area contributed by atoms with Gasteiger partial charge in [0, 0.05) is 24.5 Å². The number of carbonyl (C=O) groups excluding carboxylic acids is 2. The third-order valence-corrected chi connectivity index (χ3v) is 6.04. The highest BCUT2D eigenvalue weighted by atomic mass is 16.3. The molecule has 3 aromatic rings. The first-order chi connectivity index (χ1) is 16.9. The summed E-state index contributed by atoms with van der Waals surface area (Å²) in [6.45, 7) is 5.68. The Morgan fingerprint density at radius 1 is 1.14 bits per heavy atom. The van der Waals surface area contributed by atoms with Gasteiger partial charge >= 0.3 is 0 Å². The van der Waals surface area contributed by atoms with E-state index in [1.165, 1.54) is 11.0 Å². The number of likely N-dealkylation sites (tertiary alicyclic amines) is 1. The van der Waals surface area contributed by atoms with Crippen LogP contribution in [0.1, 0.15) is 44.0 Å². The molecule has 182 valence electrons. The Morgan fingerprint density at radius 3 is 2.46 bits per heavy atom. The van der Waals surface area contributed by atoms with Crippen molar-refractivity contribution in [2.45, 2.75) is 45.7 Å². The normalized spacial score (nSPS) is 16.1. The maximum atomic E-state index is 13.4. The minimum Gasteiger partial charge on any atom is -0.394 e. The molecule has 1 fully saturated rings. The van der Waals surface area contributed by atoms with E-state index in [-0.39, 0.29) is 18.4 Å². The highest BCUT2D eigenvalue weighted by Gasteiger charge is 2.37. The van der Waals surface area contributed by atoms with Crippen LogP contribution >= 0.6 is 0 Å². The number of aryl methyl sites for hydroxylation is 1. The van der Waals surface area contributed by atoms with E-state index in [1.807, 2.05) is 38.1 Å². The summed E-state index contributed by atoms with van der Waals surface area (Å²) >= 11 is 0. The Kier molecular flexibility index (Phi) is 7.31. The third-order valence-electron chi connectivity index (χ3n) is 6.04. The van der Waals surface area contributed by atoms with Crippen LogP contribution in [0.25, 0.3) is 16.8 Å². The van der Waals surface area contributed by atoms with Crippen molar-refractivity contribution in [1.29, 1.82) is 0 Å². The van der Waals surface area contributed by atoms with Crippen LogP contribution in [0.5, 0.6) is 0 Å². The van der Waals surface area contributed by atoms with Crippen molar-refractivity contribution in [2.75, 3.05) is 13.2 Å². The average molecular weight is 476 g/mol. The third kappa shape index (κ3) is 5.27. The fourth-order valence-electron chi connectivity index (χ4n) is 4.27. The summed E-state index contributed by atoms with van der Waals surface area (Å²) < 4.78 is 1.47. The molecule has 1 aliphatic rings. The first-order valence-electron chi connectivity index (χ1n) is 11.5. The van der Waals surface area contributed by atoms with Gasteiger partial charge in [-0.05, 0) is 50.3 Å². The van der Waals surface area contributed by atoms with E-state index in [9.17, 15) is 14.7 Å². The minimum atomic E-state index is -0.628. The number of aliphatic hydroxyl groups excluding tert-OH is 1. The SMILES string of the molecule is CC(C)=C(C(=O)N1CCC[C@H]1C(=O)N[C@@H](CO)c1ccc(-c2cncnc2)cc1)n1cc(C)nn1.